The normalized spacial score (nSPS) is 11.6. The van der Waals surface area contributed by atoms with Gasteiger partial charge in [-0.15, -0.1) is 0 Å². The Morgan fingerprint density at radius 2 is 1.75 bits per heavy atom. The third-order valence-corrected chi connectivity index (χ3v) is 2.03. The van der Waals surface area contributed by atoms with Crippen molar-refractivity contribution in [1.82, 2.24) is 5.32 Å². The van der Waals surface area contributed by atoms with E-state index in [4.69, 9.17) is 0 Å². The number of rotatable bonds is 3. The largest absolute Gasteiger partial charge is 0.309 e. The average molecular weight is 165 g/mol. The molecule has 12 heavy (non-hydrogen) atoms. The van der Waals surface area contributed by atoms with E-state index in [2.05, 4.69) is 36.1 Å². The molecule has 0 saturated carbocycles. The molecule has 0 spiro atoms. The Morgan fingerprint density at radius 3 is 2.25 bits per heavy atom. The predicted molar refractivity (Wildman–Crippen MR) is 49.8 cm³/mol. The molecular formula is C10H17N2+. The van der Waals surface area contributed by atoms with Crippen molar-refractivity contribution >= 4 is 0 Å². The molecule has 2 nitrogen and oxygen atoms in total. The van der Waals surface area contributed by atoms with Crippen molar-refractivity contribution in [2.45, 2.75) is 25.9 Å². The van der Waals surface area contributed by atoms with Crippen LogP contribution < -0.4 is 9.88 Å². The Labute approximate surface area is 74.2 Å². The maximum atomic E-state index is 3.27. The highest BCUT2D eigenvalue weighted by molar-refractivity contribution is 4.84. The fraction of sp³-hybridized carbons (Fsp3) is 0.500. The number of pyridine rings is 1. The van der Waals surface area contributed by atoms with E-state index in [0.29, 0.717) is 0 Å². The molecule has 0 aliphatic rings. The van der Waals surface area contributed by atoms with Gasteiger partial charge in [-0.05, 0) is 20.9 Å². The van der Waals surface area contributed by atoms with Gasteiger partial charge in [-0.25, -0.2) is 4.57 Å². The molecule has 1 aromatic heterocycles. The van der Waals surface area contributed by atoms with Gasteiger partial charge in [0, 0.05) is 12.1 Å². The Hall–Kier alpha value is -0.890. The molecule has 0 bridgehead atoms. The zero-order chi connectivity index (χ0) is 9.03. The van der Waals surface area contributed by atoms with Crippen molar-refractivity contribution in [2.24, 2.45) is 0 Å². The minimum absolute atomic E-state index is 0.159. The van der Waals surface area contributed by atoms with Gasteiger partial charge in [0.2, 0.25) is 0 Å². The molecule has 2 heteroatoms. The van der Waals surface area contributed by atoms with Gasteiger partial charge < -0.3 is 5.32 Å². The van der Waals surface area contributed by atoms with Crippen LogP contribution in [0.4, 0.5) is 0 Å². The summed E-state index contributed by atoms with van der Waals surface area (Å²) in [5, 5.41) is 3.27. The Kier molecular flexibility index (Phi) is 2.82. The summed E-state index contributed by atoms with van der Waals surface area (Å²) in [5.74, 6) is 0. The fourth-order valence-electron chi connectivity index (χ4n) is 1.08. The molecule has 1 N–H and O–H groups in total. The van der Waals surface area contributed by atoms with E-state index in [1.807, 2.05) is 25.2 Å². The molecule has 0 amide bonds. The van der Waals surface area contributed by atoms with Crippen molar-refractivity contribution in [2.75, 3.05) is 7.05 Å². The van der Waals surface area contributed by atoms with E-state index in [1.165, 1.54) is 0 Å². The van der Waals surface area contributed by atoms with E-state index in [0.717, 1.165) is 6.54 Å². The summed E-state index contributed by atoms with van der Waals surface area (Å²) in [4.78, 5) is 0. The molecule has 0 aliphatic carbocycles. The Bertz CT molecular complexity index is 229. The monoisotopic (exact) mass is 165 g/mol. The zero-order valence-corrected chi connectivity index (χ0v) is 8.04. The van der Waals surface area contributed by atoms with Crippen molar-refractivity contribution in [3.05, 3.63) is 30.6 Å². The lowest BCUT2D eigenvalue weighted by Gasteiger charge is -2.19. The summed E-state index contributed by atoms with van der Waals surface area (Å²) < 4.78 is 2.18. The van der Waals surface area contributed by atoms with E-state index >= 15 is 0 Å². The van der Waals surface area contributed by atoms with Crippen molar-refractivity contribution in [3.63, 3.8) is 0 Å². The molecule has 0 aliphatic heterocycles. The molecule has 0 aromatic carbocycles. The number of aromatic nitrogens is 1. The molecular weight excluding hydrogens is 148 g/mol. The van der Waals surface area contributed by atoms with Crippen LogP contribution in [-0.4, -0.2) is 12.6 Å². The minimum Gasteiger partial charge on any atom is -0.309 e. The molecule has 1 aromatic rings. The van der Waals surface area contributed by atoms with Gasteiger partial charge in [0.1, 0.15) is 0 Å². The summed E-state index contributed by atoms with van der Waals surface area (Å²) >= 11 is 0. The van der Waals surface area contributed by atoms with Gasteiger partial charge in [0.05, 0.1) is 5.54 Å². The van der Waals surface area contributed by atoms with Gasteiger partial charge in [0.15, 0.2) is 18.9 Å². The second-order valence-corrected chi connectivity index (χ2v) is 3.68. The highest BCUT2D eigenvalue weighted by Gasteiger charge is 2.19. The first-order valence-electron chi connectivity index (χ1n) is 4.27. The molecule has 0 atom stereocenters. The Balaban J connectivity index is 2.64. The first kappa shape index (κ1) is 9.20. The number of likely N-dealkylation sites (N-methyl/N-ethyl adjacent to an activating group) is 1. The van der Waals surface area contributed by atoms with E-state index in [1.54, 1.807) is 0 Å². The standard InChI is InChI=1S/C10H17N2/c1-10(2,11-3)9-12-7-5-4-6-8-12/h4-8,11H,9H2,1-3H3/q+1. The van der Waals surface area contributed by atoms with Gasteiger partial charge >= 0.3 is 0 Å². The number of hydrogen-bond donors (Lipinski definition) is 1. The van der Waals surface area contributed by atoms with Crippen molar-refractivity contribution < 1.29 is 4.57 Å². The minimum atomic E-state index is 0.159. The van der Waals surface area contributed by atoms with E-state index < -0.39 is 0 Å². The van der Waals surface area contributed by atoms with Crippen molar-refractivity contribution in [3.8, 4) is 0 Å². The first-order chi connectivity index (χ1) is 5.64. The zero-order valence-electron chi connectivity index (χ0n) is 8.04. The summed E-state index contributed by atoms with van der Waals surface area (Å²) in [6, 6.07) is 6.13. The molecule has 0 fully saturated rings. The van der Waals surface area contributed by atoms with Crippen LogP contribution in [0.25, 0.3) is 0 Å². The maximum Gasteiger partial charge on any atom is 0.168 e. The predicted octanol–water partition coefficient (Wildman–Crippen LogP) is 0.972. The summed E-state index contributed by atoms with van der Waals surface area (Å²) in [6.07, 6.45) is 4.16. The summed E-state index contributed by atoms with van der Waals surface area (Å²) in [5.41, 5.74) is 0.159. The molecule has 66 valence electrons. The highest BCUT2D eigenvalue weighted by Crippen LogP contribution is 1.99. The second kappa shape index (κ2) is 3.68. The summed E-state index contributed by atoms with van der Waals surface area (Å²) in [7, 11) is 1.99. The second-order valence-electron chi connectivity index (χ2n) is 3.68. The first-order valence-corrected chi connectivity index (χ1v) is 4.27. The van der Waals surface area contributed by atoms with Gasteiger partial charge in [-0.3, -0.25) is 0 Å². The highest BCUT2D eigenvalue weighted by atomic mass is 15.0. The summed E-state index contributed by atoms with van der Waals surface area (Å²) in [6.45, 7) is 5.37. The van der Waals surface area contributed by atoms with Crippen LogP contribution in [0.15, 0.2) is 30.6 Å². The topological polar surface area (TPSA) is 15.9 Å². The van der Waals surface area contributed by atoms with E-state index in [9.17, 15) is 0 Å². The average Bonchev–Trinajstić information content (AvgIpc) is 2.06. The maximum absolute atomic E-state index is 3.27. The van der Waals surface area contributed by atoms with E-state index in [-0.39, 0.29) is 5.54 Å². The molecule has 1 rings (SSSR count). The van der Waals surface area contributed by atoms with Crippen LogP contribution >= 0.6 is 0 Å². The lowest BCUT2D eigenvalue weighted by Crippen LogP contribution is -2.50. The SMILES string of the molecule is CNC(C)(C)C[n+]1ccccc1. The molecule has 1 heterocycles. The molecule has 0 saturated heterocycles. The van der Waals surface area contributed by atoms with Crippen LogP contribution in [0.5, 0.6) is 0 Å². The fourth-order valence-corrected chi connectivity index (χ4v) is 1.08. The lowest BCUT2D eigenvalue weighted by molar-refractivity contribution is -0.703. The third-order valence-electron chi connectivity index (χ3n) is 2.03. The van der Waals surface area contributed by atoms with Crippen molar-refractivity contribution in [1.29, 1.82) is 0 Å². The lowest BCUT2D eigenvalue weighted by atomic mass is 10.1. The molecule has 0 radical (unpaired) electrons. The van der Waals surface area contributed by atoms with Crippen LogP contribution in [0.2, 0.25) is 0 Å². The quantitative estimate of drug-likeness (QED) is 0.660. The van der Waals surface area contributed by atoms with Gasteiger partial charge in [-0.1, -0.05) is 6.07 Å². The third kappa shape index (κ3) is 2.62. The van der Waals surface area contributed by atoms with Gasteiger partial charge in [0.25, 0.3) is 0 Å². The van der Waals surface area contributed by atoms with Crippen LogP contribution in [0.1, 0.15) is 13.8 Å². The van der Waals surface area contributed by atoms with Crippen LogP contribution in [0, 0.1) is 0 Å². The van der Waals surface area contributed by atoms with Gasteiger partial charge in [-0.2, -0.15) is 0 Å². The number of hydrogen-bond acceptors (Lipinski definition) is 1. The number of nitrogens with one attached hydrogen (secondary N) is 1. The smallest absolute Gasteiger partial charge is 0.168 e. The van der Waals surface area contributed by atoms with Crippen LogP contribution in [-0.2, 0) is 6.54 Å². The van der Waals surface area contributed by atoms with Crippen LogP contribution in [0.3, 0.4) is 0 Å². The molecule has 0 unspecified atom stereocenters. The number of nitrogens with zero attached hydrogens (tertiary/aromatic N) is 1. The Morgan fingerprint density at radius 1 is 1.17 bits per heavy atom.